The maximum atomic E-state index is 14.1. The van der Waals surface area contributed by atoms with E-state index in [0.29, 0.717) is 34.6 Å². The van der Waals surface area contributed by atoms with Crippen molar-refractivity contribution in [2.45, 2.75) is 51.7 Å². The Labute approximate surface area is 195 Å². The van der Waals surface area contributed by atoms with Crippen LogP contribution in [0.2, 0.25) is 0 Å². The minimum atomic E-state index is -1.59. The molecule has 5 rings (SSSR count). The predicted octanol–water partition coefficient (Wildman–Crippen LogP) is 5.69. The van der Waals surface area contributed by atoms with Crippen LogP contribution in [-0.4, -0.2) is 22.4 Å². The number of ketones is 1. The molecule has 0 bridgehead atoms. The molecule has 0 saturated heterocycles. The molecule has 2 heterocycles. The minimum absolute atomic E-state index is 0.189. The van der Waals surface area contributed by atoms with Crippen molar-refractivity contribution in [1.29, 1.82) is 0 Å². The number of rotatable bonds is 4. The maximum absolute atomic E-state index is 14.1. The van der Waals surface area contributed by atoms with E-state index in [2.05, 4.69) is 26.1 Å². The number of hydrogen-bond donors (Lipinski definition) is 1. The van der Waals surface area contributed by atoms with Crippen LogP contribution in [0, 0.1) is 17.8 Å². The zero-order valence-electron chi connectivity index (χ0n) is 19.8. The van der Waals surface area contributed by atoms with Gasteiger partial charge in [0, 0.05) is 41.0 Å². The minimum Gasteiger partial charge on any atom is -0.460 e. The van der Waals surface area contributed by atoms with Crippen LogP contribution in [-0.2, 0) is 22.1 Å². The van der Waals surface area contributed by atoms with Gasteiger partial charge in [-0.1, -0.05) is 57.5 Å². The number of esters is 1. The molecule has 1 fully saturated rings. The summed E-state index contributed by atoms with van der Waals surface area (Å²) in [5.74, 6) is 0.465. The van der Waals surface area contributed by atoms with Crippen LogP contribution in [0.4, 0.5) is 5.69 Å². The third kappa shape index (κ3) is 3.36. The van der Waals surface area contributed by atoms with Crippen molar-refractivity contribution in [2.24, 2.45) is 24.8 Å². The van der Waals surface area contributed by atoms with Gasteiger partial charge in [0.05, 0.1) is 0 Å². The van der Waals surface area contributed by atoms with Crippen molar-refractivity contribution in [3.05, 3.63) is 65.9 Å². The molecule has 1 aliphatic carbocycles. The molecule has 1 saturated carbocycles. The quantitative estimate of drug-likeness (QED) is 0.415. The first-order chi connectivity index (χ1) is 15.8. The van der Waals surface area contributed by atoms with Crippen LogP contribution in [0.25, 0.3) is 10.9 Å². The molecule has 0 spiro atoms. The highest BCUT2D eigenvalue weighted by atomic mass is 16.5. The second kappa shape index (κ2) is 8.05. The van der Waals surface area contributed by atoms with E-state index in [1.54, 1.807) is 6.07 Å². The number of anilines is 1. The first-order valence-electron chi connectivity index (χ1n) is 12.0. The van der Waals surface area contributed by atoms with Crippen molar-refractivity contribution < 1.29 is 14.3 Å². The van der Waals surface area contributed by atoms with Crippen molar-refractivity contribution in [1.82, 2.24) is 4.57 Å². The molecule has 1 aromatic heterocycles. The number of nitrogens with one attached hydrogen (secondary N) is 1. The number of carbonyl (C=O) groups excluding carboxylic acids is 2. The molecule has 5 nitrogen and oxygen atoms in total. The van der Waals surface area contributed by atoms with Crippen molar-refractivity contribution in [3.8, 4) is 0 Å². The molecule has 0 amide bonds. The summed E-state index contributed by atoms with van der Waals surface area (Å²) >= 11 is 0. The maximum Gasteiger partial charge on any atom is 0.345 e. The van der Waals surface area contributed by atoms with Gasteiger partial charge in [0.1, 0.15) is 6.10 Å². The van der Waals surface area contributed by atoms with Crippen LogP contribution in [0.15, 0.2) is 54.7 Å². The lowest BCUT2D eigenvalue weighted by Gasteiger charge is -2.38. The smallest absolute Gasteiger partial charge is 0.345 e. The number of carbonyl (C=O) groups is 2. The summed E-state index contributed by atoms with van der Waals surface area (Å²) in [6.07, 6.45) is 4.73. The van der Waals surface area contributed by atoms with Crippen LogP contribution < -0.4 is 5.32 Å². The van der Waals surface area contributed by atoms with E-state index in [1.165, 1.54) is 0 Å². The molecule has 0 radical (unpaired) electrons. The fourth-order valence-corrected chi connectivity index (χ4v) is 5.81. The van der Waals surface area contributed by atoms with Crippen LogP contribution in [0.5, 0.6) is 0 Å². The first kappa shape index (κ1) is 21.7. The van der Waals surface area contributed by atoms with Gasteiger partial charge in [0.2, 0.25) is 11.3 Å². The van der Waals surface area contributed by atoms with Crippen molar-refractivity contribution in [3.63, 3.8) is 0 Å². The van der Waals surface area contributed by atoms with Gasteiger partial charge < -0.3 is 14.6 Å². The topological polar surface area (TPSA) is 60.3 Å². The fraction of sp³-hybridized carbons (Fsp3) is 0.429. The summed E-state index contributed by atoms with van der Waals surface area (Å²) in [7, 11) is 1.94. The third-order valence-corrected chi connectivity index (χ3v) is 7.66. The highest BCUT2D eigenvalue weighted by Gasteiger charge is 2.56. The molecule has 2 aromatic carbocycles. The Kier molecular flexibility index (Phi) is 5.31. The number of Topliss-reactive ketones (excluding diaryl/α,β-unsaturated/α-hetero) is 1. The molecule has 33 heavy (non-hydrogen) atoms. The first-order valence-corrected chi connectivity index (χ1v) is 12.0. The van der Waals surface area contributed by atoms with Gasteiger partial charge in [-0.15, -0.1) is 0 Å². The lowest BCUT2D eigenvalue weighted by atomic mass is 9.75. The van der Waals surface area contributed by atoms with Crippen LogP contribution in [0.3, 0.4) is 0 Å². The zero-order chi connectivity index (χ0) is 23.3. The molecular formula is C28H32N2O3. The Morgan fingerprint density at radius 2 is 1.85 bits per heavy atom. The standard InChI is InChI=1S/C28H32N2O3/c1-17(2)19-14-13-18(3)15-25(19)33-27(32)28(26(31)21-10-5-7-11-23(21)29-28)22-16-30(4)24-12-8-6-9-20(22)24/h5-12,16-19,25,29H,13-15H2,1-4H3/t18-,19?,25-,28-/m1/s1. The van der Waals surface area contributed by atoms with E-state index in [1.807, 2.05) is 60.3 Å². The van der Waals surface area contributed by atoms with Gasteiger partial charge in [-0.05, 0) is 48.8 Å². The van der Waals surface area contributed by atoms with E-state index < -0.39 is 11.5 Å². The summed E-state index contributed by atoms with van der Waals surface area (Å²) in [5, 5.41) is 4.20. The fourth-order valence-electron chi connectivity index (χ4n) is 5.81. The summed E-state index contributed by atoms with van der Waals surface area (Å²) in [4.78, 5) is 28.1. The number of fused-ring (bicyclic) bond motifs is 2. The monoisotopic (exact) mass is 444 g/mol. The zero-order valence-corrected chi connectivity index (χ0v) is 19.8. The van der Waals surface area contributed by atoms with Crippen LogP contribution >= 0.6 is 0 Å². The summed E-state index contributed by atoms with van der Waals surface area (Å²) in [6, 6.07) is 15.2. The van der Waals surface area contributed by atoms with Crippen LogP contribution in [0.1, 0.15) is 56.0 Å². The lowest BCUT2D eigenvalue weighted by Crippen LogP contribution is -2.50. The average Bonchev–Trinajstić information content (AvgIpc) is 3.29. The second-order valence-corrected chi connectivity index (χ2v) is 10.2. The SMILES string of the molecule is CC(C)C1CC[C@@H](C)C[C@H]1OC(=O)[C@]1(c2cn(C)c3ccccc23)Nc2ccccc2C1=O. The summed E-state index contributed by atoms with van der Waals surface area (Å²) < 4.78 is 8.28. The van der Waals surface area contributed by atoms with E-state index in [9.17, 15) is 9.59 Å². The highest BCUT2D eigenvalue weighted by Crippen LogP contribution is 2.44. The lowest BCUT2D eigenvalue weighted by molar-refractivity contribution is -0.159. The Balaban J connectivity index is 1.63. The third-order valence-electron chi connectivity index (χ3n) is 7.66. The Bertz CT molecular complexity index is 1230. The van der Waals surface area contributed by atoms with Crippen molar-refractivity contribution in [2.75, 3.05) is 5.32 Å². The normalized spacial score (nSPS) is 26.9. The number of ether oxygens (including phenoxy) is 1. The van der Waals surface area contributed by atoms with Gasteiger partial charge >= 0.3 is 5.97 Å². The van der Waals surface area contributed by atoms with Gasteiger partial charge in [-0.3, -0.25) is 4.79 Å². The molecule has 5 heteroatoms. The molecule has 4 atom stereocenters. The Hall–Kier alpha value is -3.08. The van der Waals surface area contributed by atoms with E-state index in [-0.39, 0.29) is 11.9 Å². The molecule has 172 valence electrons. The molecule has 1 aliphatic heterocycles. The molecular weight excluding hydrogens is 412 g/mol. The van der Waals surface area contributed by atoms with Gasteiger partial charge in [-0.2, -0.15) is 0 Å². The average molecular weight is 445 g/mol. The van der Waals surface area contributed by atoms with E-state index >= 15 is 0 Å². The van der Waals surface area contributed by atoms with Gasteiger partial charge in [0.15, 0.2) is 0 Å². The summed E-state index contributed by atoms with van der Waals surface area (Å²) in [5.41, 5.74) is 1.23. The highest BCUT2D eigenvalue weighted by molar-refractivity contribution is 6.26. The number of hydrogen-bond acceptors (Lipinski definition) is 4. The molecule has 2 aliphatic rings. The largest absolute Gasteiger partial charge is 0.460 e. The number of benzene rings is 2. The number of para-hydroxylation sites is 2. The van der Waals surface area contributed by atoms with E-state index in [0.717, 1.165) is 30.2 Å². The predicted molar refractivity (Wildman–Crippen MR) is 130 cm³/mol. The van der Waals surface area contributed by atoms with Gasteiger partial charge in [0.25, 0.3) is 0 Å². The molecule has 3 aromatic rings. The van der Waals surface area contributed by atoms with Crippen molar-refractivity contribution >= 4 is 28.3 Å². The second-order valence-electron chi connectivity index (χ2n) is 10.2. The number of aryl methyl sites for hydroxylation is 1. The number of nitrogens with zero attached hydrogens (tertiary/aromatic N) is 1. The Morgan fingerprint density at radius 1 is 1.12 bits per heavy atom. The summed E-state index contributed by atoms with van der Waals surface area (Å²) in [6.45, 7) is 6.60. The van der Waals surface area contributed by atoms with Gasteiger partial charge in [-0.25, -0.2) is 4.79 Å². The number of aromatic nitrogens is 1. The molecule has 1 unspecified atom stereocenters. The van der Waals surface area contributed by atoms with E-state index in [4.69, 9.17) is 4.74 Å². The molecule has 1 N–H and O–H groups in total. The Morgan fingerprint density at radius 3 is 2.61 bits per heavy atom.